The lowest BCUT2D eigenvalue weighted by Gasteiger charge is -2.12. The Kier molecular flexibility index (Phi) is 4.59. The number of H-pyrrole nitrogens is 1. The molecule has 5 rings (SSSR count). The van der Waals surface area contributed by atoms with Crippen molar-refractivity contribution in [2.75, 3.05) is 0 Å². The molecule has 0 aliphatic heterocycles. The van der Waals surface area contributed by atoms with E-state index in [1.807, 2.05) is 30.3 Å². The van der Waals surface area contributed by atoms with Crippen LogP contribution in [-0.4, -0.2) is 14.1 Å². The van der Waals surface area contributed by atoms with Crippen LogP contribution >= 0.6 is 0 Å². The number of ether oxygens (including phenoxy) is 1. The maximum atomic E-state index is 13.3. The highest BCUT2D eigenvalue weighted by Gasteiger charge is 2.17. The molecule has 0 aliphatic carbocycles. The summed E-state index contributed by atoms with van der Waals surface area (Å²) in [6.07, 6.45) is 1.47. The molecule has 0 fully saturated rings. The number of hydrogen-bond donors (Lipinski definition) is 1. The zero-order valence-electron chi connectivity index (χ0n) is 16.9. The van der Waals surface area contributed by atoms with Gasteiger partial charge in [0.05, 0.1) is 17.6 Å². The van der Waals surface area contributed by atoms with Crippen LogP contribution in [-0.2, 0) is 0 Å². The minimum atomic E-state index is -0.846. The second-order valence-electron chi connectivity index (χ2n) is 7.17. The minimum absolute atomic E-state index is 0.244. The van der Waals surface area contributed by atoms with Gasteiger partial charge in [-0.1, -0.05) is 30.3 Å². The Morgan fingerprint density at radius 3 is 2.41 bits per heavy atom. The summed E-state index contributed by atoms with van der Waals surface area (Å²) in [7, 11) is 0. The molecule has 2 aromatic heterocycles. The lowest BCUT2D eigenvalue weighted by atomic mass is 10.2. The number of nitrogens with zero attached hydrogens (tertiary/aromatic N) is 2. The van der Waals surface area contributed by atoms with Gasteiger partial charge in [-0.15, -0.1) is 0 Å². The van der Waals surface area contributed by atoms with Gasteiger partial charge in [-0.2, -0.15) is 0 Å². The maximum Gasteiger partial charge on any atom is 0.345 e. The summed E-state index contributed by atoms with van der Waals surface area (Å²) in [5.74, 6) is 1.25. The van der Waals surface area contributed by atoms with Crippen molar-refractivity contribution in [2.24, 2.45) is 0 Å². The first kappa shape index (κ1) is 19.4. The molecule has 0 saturated heterocycles. The fourth-order valence-corrected chi connectivity index (χ4v) is 3.57. The Labute approximate surface area is 180 Å². The van der Waals surface area contributed by atoms with Gasteiger partial charge >= 0.3 is 17.1 Å². The summed E-state index contributed by atoms with van der Waals surface area (Å²) in [5, 5.41) is 0.727. The molecule has 0 amide bonds. The molecule has 8 nitrogen and oxygen atoms in total. The fraction of sp³-hybridized carbons (Fsp3) is 0.0417. The van der Waals surface area contributed by atoms with Crippen molar-refractivity contribution in [3.05, 3.63) is 116 Å². The average Bonchev–Trinajstić information content (AvgIpc) is 3.26. The maximum absolute atomic E-state index is 13.3. The van der Waals surface area contributed by atoms with Crippen LogP contribution in [0, 0.1) is 6.92 Å². The van der Waals surface area contributed by atoms with Gasteiger partial charge in [0, 0.05) is 5.39 Å². The van der Waals surface area contributed by atoms with Crippen LogP contribution in [0.15, 0.2) is 97.9 Å². The van der Waals surface area contributed by atoms with Gasteiger partial charge in [-0.3, -0.25) is 4.98 Å². The monoisotopic (exact) mass is 427 g/mol. The molecule has 32 heavy (non-hydrogen) atoms. The van der Waals surface area contributed by atoms with E-state index in [2.05, 4.69) is 4.98 Å². The number of hydrogen-bond acceptors (Lipinski definition) is 5. The van der Waals surface area contributed by atoms with E-state index >= 15 is 0 Å². The molecule has 0 radical (unpaired) electrons. The molecule has 0 aliphatic rings. The van der Waals surface area contributed by atoms with Gasteiger partial charge in [0.25, 0.3) is 0 Å². The molecule has 0 spiro atoms. The summed E-state index contributed by atoms with van der Waals surface area (Å²) in [6.45, 7) is 1.81. The summed E-state index contributed by atoms with van der Waals surface area (Å²) < 4.78 is 13.1. The number of para-hydroxylation sites is 2. The van der Waals surface area contributed by atoms with Crippen LogP contribution in [0.5, 0.6) is 11.5 Å². The Morgan fingerprint density at radius 2 is 1.62 bits per heavy atom. The second-order valence-corrected chi connectivity index (χ2v) is 7.17. The van der Waals surface area contributed by atoms with Crippen molar-refractivity contribution in [3.63, 3.8) is 0 Å². The molecule has 3 aromatic carbocycles. The third kappa shape index (κ3) is 3.24. The van der Waals surface area contributed by atoms with Gasteiger partial charge in [-0.05, 0) is 55.0 Å². The lowest BCUT2D eigenvalue weighted by Crippen LogP contribution is -2.48. The zero-order valence-corrected chi connectivity index (χ0v) is 16.9. The van der Waals surface area contributed by atoms with E-state index in [0.29, 0.717) is 28.3 Å². The molecule has 0 unspecified atom stereocenters. The fourth-order valence-electron chi connectivity index (χ4n) is 3.57. The SMILES string of the molecule is Cc1cc(-n2c(=O)[nH]c(=O)n(-c3cccc4ccoc34)c2=O)ccc1Oc1ccccc1. The molecule has 2 heterocycles. The quantitative estimate of drug-likeness (QED) is 0.473. The third-order valence-electron chi connectivity index (χ3n) is 5.09. The third-order valence-corrected chi connectivity index (χ3v) is 5.09. The lowest BCUT2D eigenvalue weighted by molar-refractivity contribution is 0.478. The van der Waals surface area contributed by atoms with Gasteiger partial charge < -0.3 is 9.15 Å². The van der Waals surface area contributed by atoms with Crippen molar-refractivity contribution in [2.45, 2.75) is 6.92 Å². The van der Waals surface area contributed by atoms with Gasteiger partial charge in [0.15, 0.2) is 5.58 Å². The first-order chi connectivity index (χ1) is 15.5. The highest BCUT2D eigenvalue weighted by atomic mass is 16.5. The summed E-state index contributed by atoms with van der Waals surface area (Å²) in [4.78, 5) is 40.7. The molecular weight excluding hydrogens is 410 g/mol. The number of fused-ring (bicyclic) bond motifs is 1. The number of aromatic amines is 1. The Hall–Kier alpha value is -4.59. The van der Waals surface area contributed by atoms with Gasteiger partial charge in [0.1, 0.15) is 11.5 Å². The van der Waals surface area contributed by atoms with Crippen LogP contribution in [0.1, 0.15) is 5.56 Å². The zero-order chi connectivity index (χ0) is 22.2. The molecule has 0 atom stereocenters. The largest absolute Gasteiger partial charge is 0.462 e. The van der Waals surface area contributed by atoms with Gasteiger partial charge in [-0.25, -0.2) is 23.5 Å². The van der Waals surface area contributed by atoms with Crippen LogP contribution < -0.4 is 21.8 Å². The van der Waals surface area contributed by atoms with E-state index in [1.54, 1.807) is 49.4 Å². The van der Waals surface area contributed by atoms with E-state index in [-0.39, 0.29) is 5.69 Å². The normalized spacial score (nSPS) is 11.0. The van der Waals surface area contributed by atoms with E-state index in [4.69, 9.17) is 9.15 Å². The number of aryl methyl sites for hydroxylation is 1. The minimum Gasteiger partial charge on any atom is -0.462 e. The predicted molar refractivity (Wildman–Crippen MR) is 119 cm³/mol. The van der Waals surface area contributed by atoms with Crippen molar-refractivity contribution in [3.8, 4) is 22.9 Å². The summed E-state index contributed by atoms with van der Waals surface area (Å²) in [5.41, 5.74) is -0.863. The number of rotatable bonds is 4. The smallest absolute Gasteiger partial charge is 0.345 e. The number of furan rings is 1. The van der Waals surface area contributed by atoms with Crippen molar-refractivity contribution in [1.29, 1.82) is 0 Å². The van der Waals surface area contributed by atoms with Gasteiger partial charge in [0.2, 0.25) is 0 Å². The summed E-state index contributed by atoms with van der Waals surface area (Å²) >= 11 is 0. The van der Waals surface area contributed by atoms with Crippen molar-refractivity contribution >= 4 is 11.0 Å². The Bertz CT molecular complexity index is 1620. The first-order valence-corrected chi connectivity index (χ1v) is 9.82. The average molecular weight is 427 g/mol. The molecular formula is C24H17N3O5. The number of nitrogens with one attached hydrogen (secondary N) is 1. The van der Waals surface area contributed by atoms with E-state index in [9.17, 15) is 14.4 Å². The molecule has 1 N–H and O–H groups in total. The summed E-state index contributed by atoms with van der Waals surface area (Å²) in [6, 6.07) is 21.0. The highest BCUT2D eigenvalue weighted by Crippen LogP contribution is 2.26. The van der Waals surface area contributed by atoms with Crippen LogP contribution in [0.25, 0.3) is 22.3 Å². The Morgan fingerprint density at radius 1 is 0.844 bits per heavy atom. The molecule has 5 aromatic rings. The topological polar surface area (TPSA) is 99.2 Å². The van der Waals surface area contributed by atoms with E-state index < -0.39 is 17.1 Å². The molecule has 0 bridgehead atoms. The number of aromatic nitrogens is 3. The van der Waals surface area contributed by atoms with E-state index in [0.717, 1.165) is 14.5 Å². The Balaban J connectivity index is 1.65. The van der Waals surface area contributed by atoms with Crippen LogP contribution in [0.4, 0.5) is 0 Å². The molecule has 158 valence electrons. The predicted octanol–water partition coefficient (Wildman–Crippen LogP) is 3.52. The molecule has 8 heteroatoms. The van der Waals surface area contributed by atoms with Crippen molar-refractivity contribution in [1.82, 2.24) is 14.1 Å². The first-order valence-electron chi connectivity index (χ1n) is 9.82. The second kappa shape index (κ2) is 7.59. The number of benzene rings is 3. The molecule has 0 saturated carbocycles. The van der Waals surface area contributed by atoms with Crippen molar-refractivity contribution < 1.29 is 9.15 Å². The standard InChI is InChI=1S/C24H17N3O5/c1-15-14-17(10-11-20(15)32-18-7-3-2-4-8-18)26-22(28)25-23(29)27(24(26)30)19-9-5-6-16-12-13-31-21(16)19/h2-14H,1H3,(H,25,28,29). The van der Waals surface area contributed by atoms with Crippen LogP contribution in [0.3, 0.4) is 0 Å². The van der Waals surface area contributed by atoms with E-state index in [1.165, 1.54) is 6.26 Å². The highest BCUT2D eigenvalue weighted by molar-refractivity contribution is 5.84. The van der Waals surface area contributed by atoms with Crippen LogP contribution in [0.2, 0.25) is 0 Å².